The van der Waals surface area contributed by atoms with Crippen LogP contribution in [0.5, 0.6) is 0 Å². The summed E-state index contributed by atoms with van der Waals surface area (Å²) in [7, 11) is 0. The minimum Gasteiger partial charge on any atom is -0.480 e. The highest BCUT2D eigenvalue weighted by Gasteiger charge is 2.40. The molecule has 0 aromatic rings. The summed E-state index contributed by atoms with van der Waals surface area (Å²) in [6, 6.07) is 0.265. The number of ether oxygens (including phenoxy) is 2. The Bertz CT molecular complexity index is 320. The Morgan fingerprint density at radius 2 is 2.16 bits per heavy atom. The van der Waals surface area contributed by atoms with Gasteiger partial charge in [-0.2, -0.15) is 0 Å². The Balaban J connectivity index is 2.00. The van der Waals surface area contributed by atoms with E-state index in [0.717, 1.165) is 38.9 Å². The predicted octanol–water partition coefficient (Wildman–Crippen LogP) is 1.29. The summed E-state index contributed by atoms with van der Waals surface area (Å²) >= 11 is 0. The third-order valence-corrected chi connectivity index (χ3v) is 4.09. The molecule has 2 aliphatic heterocycles. The van der Waals surface area contributed by atoms with Crippen LogP contribution in [-0.4, -0.2) is 60.5 Å². The van der Waals surface area contributed by atoms with Crippen molar-refractivity contribution in [1.82, 2.24) is 4.90 Å². The van der Waals surface area contributed by atoms with Gasteiger partial charge in [-0.1, -0.05) is 6.08 Å². The lowest BCUT2D eigenvalue weighted by Crippen LogP contribution is -2.52. The van der Waals surface area contributed by atoms with Crippen molar-refractivity contribution >= 4 is 5.97 Å². The van der Waals surface area contributed by atoms with Crippen LogP contribution in [0.15, 0.2) is 12.7 Å². The van der Waals surface area contributed by atoms with E-state index in [1.165, 1.54) is 0 Å². The van der Waals surface area contributed by atoms with Crippen LogP contribution in [0.25, 0.3) is 0 Å². The maximum absolute atomic E-state index is 11.0. The number of rotatable bonds is 5. The van der Waals surface area contributed by atoms with Crippen LogP contribution in [0.2, 0.25) is 0 Å². The van der Waals surface area contributed by atoms with Crippen molar-refractivity contribution in [2.24, 2.45) is 0 Å². The molecule has 0 saturated carbocycles. The van der Waals surface area contributed by atoms with Gasteiger partial charge in [-0.3, -0.25) is 9.69 Å². The quantitative estimate of drug-likeness (QED) is 0.762. The van der Waals surface area contributed by atoms with Crippen molar-refractivity contribution in [2.45, 2.75) is 37.3 Å². The first kappa shape index (κ1) is 14.5. The molecule has 0 radical (unpaired) electrons. The molecule has 1 unspecified atom stereocenters. The van der Waals surface area contributed by atoms with E-state index in [9.17, 15) is 4.79 Å². The molecule has 1 atom stereocenters. The van der Waals surface area contributed by atoms with Gasteiger partial charge in [0.15, 0.2) is 0 Å². The van der Waals surface area contributed by atoms with Gasteiger partial charge in [0.2, 0.25) is 0 Å². The molecule has 2 fully saturated rings. The number of hydrogen-bond donors (Lipinski definition) is 1. The van der Waals surface area contributed by atoms with Crippen molar-refractivity contribution in [3.63, 3.8) is 0 Å². The zero-order chi connectivity index (χ0) is 13.7. The fraction of sp³-hybridized carbons (Fsp3) is 0.786. The van der Waals surface area contributed by atoms with Gasteiger partial charge in [-0.15, -0.1) is 6.58 Å². The Labute approximate surface area is 114 Å². The van der Waals surface area contributed by atoms with Crippen LogP contribution in [-0.2, 0) is 14.3 Å². The SMILES string of the molecule is C=CCN(CC(=O)O)C1CCOC2(CCOCC2)C1. The van der Waals surface area contributed by atoms with Crippen LogP contribution in [0.3, 0.4) is 0 Å². The van der Waals surface area contributed by atoms with Gasteiger partial charge in [-0.25, -0.2) is 0 Å². The fourth-order valence-corrected chi connectivity index (χ4v) is 3.09. The monoisotopic (exact) mass is 269 g/mol. The zero-order valence-corrected chi connectivity index (χ0v) is 11.3. The lowest BCUT2D eigenvalue weighted by Gasteiger charge is -2.46. The smallest absolute Gasteiger partial charge is 0.317 e. The molecule has 2 rings (SSSR count). The summed E-state index contributed by atoms with van der Waals surface area (Å²) < 4.78 is 11.4. The number of hydrogen-bond acceptors (Lipinski definition) is 4. The minimum absolute atomic E-state index is 0.0727. The van der Waals surface area contributed by atoms with E-state index in [-0.39, 0.29) is 18.2 Å². The van der Waals surface area contributed by atoms with Gasteiger partial charge in [-0.05, 0) is 25.7 Å². The van der Waals surface area contributed by atoms with Crippen LogP contribution < -0.4 is 0 Å². The summed E-state index contributed by atoms with van der Waals surface area (Å²) in [6.45, 7) is 6.60. The number of nitrogens with zero attached hydrogens (tertiary/aromatic N) is 1. The van der Waals surface area contributed by atoms with E-state index >= 15 is 0 Å². The third-order valence-electron chi connectivity index (χ3n) is 4.09. The molecule has 0 aliphatic carbocycles. The van der Waals surface area contributed by atoms with Gasteiger partial charge in [0, 0.05) is 32.4 Å². The van der Waals surface area contributed by atoms with E-state index in [4.69, 9.17) is 14.6 Å². The summed E-state index contributed by atoms with van der Waals surface area (Å²) in [5.41, 5.74) is -0.0981. The first-order chi connectivity index (χ1) is 9.15. The lowest BCUT2D eigenvalue weighted by atomic mass is 9.83. The van der Waals surface area contributed by atoms with E-state index in [0.29, 0.717) is 13.2 Å². The molecule has 1 N–H and O–H groups in total. The van der Waals surface area contributed by atoms with Crippen LogP contribution in [0, 0.1) is 0 Å². The summed E-state index contributed by atoms with van der Waals surface area (Å²) in [4.78, 5) is 13.0. The van der Waals surface area contributed by atoms with Crippen molar-refractivity contribution in [2.75, 3.05) is 32.9 Å². The highest BCUT2D eigenvalue weighted by molar-refractivity contribution is 5.69. The van der Waals surface area contributed by atoms with Crippen LogP contribution in [0.4, 0.5) is 0 Å². The summed E-state index contributed by atoms with van der Waals surface area (Å²) in [5.74, 6) is -0.783. The first-order valence-corrected chi connectivity index (χ1v) is 6.94. The second kappa shape index (κ2) is 6.50. The number of aliphatic carboxylic acids is 1. The summed E-state index contributed by atoms with van der Waals surface area (Å²) in [6.07, 6.45) is 5.40. The molecule has 0 bridgehead atoms. The Kier molecular flexibility index (Phi) is 4.96. The van der Waals surface area contributed by atoms with Gasteiger partial charge >= 0.3 is 5.97 Å². The minimum atomic E-state index is -0.783. The third kappa shape index (κ3) is 3.78. The Hall–Kier alpha value is -0.910. The molecule has 0 amide bonds. The Morgan fingerprint density at radius 3 is 2.79 bits per heavy atom. The lowest BCUT2D eigenvalue weighted by molar-refractivity contribution is -0.155. The zero-order valence-electron chi connectivity index (χ0n) is 11.3. The van der Waals surface area contributed by atoms with E-state index in [1.807, 2.05) is 4.90 Å². The highest BCUT2D eigenvalue weighted by atomic mass is 16.5. The van der Waals surface area contributed by atoms with Crippen molar-refractivity contribution in [1.29, 1.82) is 0 Å². The van der Waals surface area contributed by atoms with Crippen molar-refractivity contribution < 1.29 is 19.4 Å². The fourth-order valence-electron chi connectivity index (χ4n) is 3.09. The molecule has 5 heteroatoms. The number of carboxylic acids is 1. The average Bonchev–Trinajstić information content (AvgIpc) is 2.39. The molecule has 19 heavy (non-hydrogen) atoms. The summed E-state index contributed by atoms with van der Waals surface area (Å²) in [5, 5.41) is 9.02. The van der Waals surface area contributed by atoms with Gasteiger partial charge in [0.25, 0.3) is 0 Å². The first-order valence-electron chi connectivity index (χ1n) is 6.94. The normalized spacial score (nSPS) is 26.5. The molecule has 2 heterocycles. The second-order valence-electron chi connectivity index (χ2n) is 5.40. The topological polar surface area (TPSA) is 59.0 Å². The number of carbonyl (C=O) groups is 1. The van der Waals surface area contributed by atoms with Crippen LogP contribution in [0.1, 0.15) is 25.7 Å². The molecule has 0 aromatic heterocycles. The maximum atomic E-state index is 11.0. The molecular weight excluding hydrogens is 246 g/mol. The molecule has 2 saturated heterocycles. The molecule has 1 spiro atoms. The average molecular weight is 269 g/mol. The molecule has 2 aliphatic rings. The van der Waals surface area contributed by atoms with Gasteiger partial charge in [0.1, 0.15) is 0 Å². The Morgan fingerprint density at radius 1 is 1.42 bits per heavy atom. The predicted molar refractivity (Wildman–Crippen MR) is 71.2 cm³/mol. The standard InChI is InChI=1S/C14H23NO4/c1-2-6-15(11-13(16)17)12-3-7-19-14(10-12)4-8-18-9-5-14/h2,12H,1,3-11H2,(H,16,17). The van der Waals surface area contributed by atoms with Gasteiger partial charge < -0.3 is 14.6 Å². The van der Waals surface area contributed by atoms with E-state index in [1.54, 1.807) is 6.08 Å². The molecule has 108 valence electrons. The van der Waals surface area contributed by atoms with E-state index in [2.05, 4.69) is 6.58 Å². The second-order valence-corrected chi connectivity index (χ2v) is 5.40. The molecular formula is C14H23NO4. The maximum Gasteiger partial charge on any atom is 0.317 e. The molecule has 5 nitrogen and oxygen atoms in total. The van der Waals surface area contributed by atoms with Crippen molar-refractivity contribution in [3.8, 4) is 0 Å². The number of carboxylic acid groups (broad SMARTS) is 1. The van der Waals surface area contributed by atoms with Gasteiger partial charge in [0.05, 0.1) is 12.1 Å². The molecule has 0 aromatic carbocycles. The van der Waals surface area contributed by atoms with Crippen molar-refractivity contribution in [3.05, 3.63) is 12.7 Å². The largest absolute Gasteiger partial charge is 0.480 e. The highest BCUT2D eigenvalue weighted by Crippen LogP contribution is 2.35. The van der Waals surface area contributed by atoms with Crippen LogP contribution >= 0.6 is 0 Å². The van der Waals surface area contributed by atoms with E-state index < -0.39 is 5.97 Å².